The largest absolute Gasteiger partial charge is 0.469 e. The molecule has 1 fully saturated rings. The second-order valence-corrected chi connectivity index (χ2v) is 7.45. The van der Waals surface area contributed by atoms with Gasteiger partial charge in [0.1, 0.15) is 5.69 Å². The van der Waals surface area contributed by atoms with Crippen molar-refractivity contribution < 1.29 is 14.3 Å². The minimum Gasteiger partial charge on any atom is -0.469 e. The van der Waals surface area contributed by atoms with Gasteiger partial charge in [-0.05, 0) is 37.5 Å². The van der Waals surface area contributed by atoms with E-state index >= 15 is 0 Å². The number of methoxy groups -OCH3 is 1. The molecule has 3 heterocycles. The first kappa shape index (κ1) is 19.9. The Morgan fingerprint density at radius 1 is 1.13 bits per heavy atom. The number of amides is 1. The van der Waals surface area contributed by atoms with Gasteiger partial charge < -0.3 is 9.64 Å². The van der Waals surface area contributed by atoms with Crippen LogP contribution in [0.5, 0.6) is 0 Å². The first-order valence-electron chi connectivity index (χ1n) is 10.3. The van der Waals surface area contributed by atoms with E-state index in [1.165, 1.54) is 7.11 Å². The molecule has 30 heavy (non-hydrogen) atoms. The molecule has 0 radical (unpaired) electrons. The van der Waals surface area contributed by atoms with Gasteiger partial charge in [0.05, 0.1) is 19.0 Å². The number of hydrogen-bond acceptors (Lipinski definition) is 4. The number of rotatable bonds is 5. The Bertz CT molecular complexity index is 1070. The highest BCUT2D eigenvalue weighted by molar-refractivity contribution is 5.95. The monoisotopic (exact) mass is 403 g/mol. The van der Waals surface area contributed by atoms with E-state index in [2.05, 4.69) is 0 Å². The zero-order valence-electron chi connectivity index (χ0n) is 17.0. The summed E-state index contributed by atoms with van der Waals surface area (Å²) in [5.41, 5.74) is 3.66. The van der Waals surface area contributed by atoms with Crippen molar-refractivity contribution in [1.82, 2.24) is 14.5 Å². The van der Waals surface area contributed by atoms with Gasteiger partial charge in [0, 0.05) is 36.0 Å². The maximum absolute atomic E-state index is 13.0. The van der Waals surface area contributed by atoms with E-state index in [0.29, 0.717) is 6.54 Å². The molecule has 6 heteroatoms. The second kappa shape index (κ2) is 8.95. The fourth-order valence-corrected chi connectivity index (χ4v) is 4.02. The number of hydrogen-bond donors (Lipinski definition) is 0. The fraction of sp³-hybridized carbons (Fsp3) is 0.292. The second-order valence-electron chi connectivity index (χ2n) is 7.45. The quantitative estimate of drug-likeness (QED) is 0.478. The van der Waals surface area contributed by atoms with E-state index in [9.17, 15) is 9.59 Å². The molecule has 1 aliphatic heterocycles. The van der Waals surface area contributed by atoms with Crippen LogP contribution in [0.1, 0.15) is 31.2 Å². The zero-order valence-corrected chi connectivity index (χ0v) is 17.0. The maximum Gasteiger partial charge on any atom is 0.307 e. The first-order valence-corrected chi connectivity index (χ1v) is 10.3. The number of fused-ring (bicyclic) bond motifs is 1. The van der Waals surface area contributed by atoms with Gasteiger partial charge in [0.25, 0.3) is 0 Å². The molecule has 0 spiro atoms. The summed E-state index contributed by atoms with van der Waals surface area (Å²) in [5.74, 6) is -0.365. The highest BCUT2D eigenvalue weighted by Crippen LogP contribution is 2.28. The zero-order chi connectivity index (χ0) is 20.9. The van der Waals surface area contributed by atoms with Crippen molar-refractivity contribution in [3.63, 3.8) is 0 Å². The smallest absolute Gasteiger partial charge is 0.307 e. The summed E-state index contributed by atoms with van der Waals surface area (Å²) >= 11 is 0. The van der Waals surface area contributed by atoms with Crippen LogP contribution in [-0.2, 0) is 14.3 Å². The average Bonchev–Trinajstić information content (AvgIpc) is 3.17. The van der Waals surface area contributed by atoms with Gasteiger partial charge in [-0.2, -0.15) is 5.10 Å². The fourth-order valence-electron chi connectivity index (χ4n) is 4.02. The molecule has 1 amide bonds. The summed E-state index contributed by atoms with van der Waals surface area (Å²) in [7, 11) is 1.38. The molecule has 6 nitrogen and oxygen atoms in total. The van der Waals surface area contributed by atoms with Crippen LogP contribution in [-0.4, -0.2) is 46.1 Å². The Morgan fingerprint density at radius 3 is 2.73 bits per heavy atom. The number of piperidine rings is 1. The lowest BCUT2D eigenvalue weighted by atomic mass is 9.99. The van der Waals surface area contributed by atoms with Crippen molar-refractivity contribution in [3.05, 3.63) is 66.4 Å². The van der Waals surface area contributed by atoms with E-state index < -0.39 is 0 Å². The van der Waals surface area contributed by atoms with E-state index in [1.807, 2.05) is 65.3 Å². The van der Waals surface area contributed by atoms with Gasteiger partial charge >= 0.3 is 5.97 Å². The van der Waals surface area contributed by atoms with Crippen molar-refractivity contribution in [3.8, 4) is 11.3 Å². The molecular weight excluding hydrogens is 378 g/mol. The molecule has 0 aliphatic carbocycles. The Hall–Kier alpha value is -3.41. The summed E-state index contributed by atoms with van der Waals surface area (Å²) in [6.45, 7) is 0.658. The number of carbonyl (C=O) groups excluding carboxylic acids is 2. The highest BCUT2D eigenvalue weighted by atomic mass is 16.5. The predicted molar refractivity (Wildman–Crippen MR) is 116 cm³/mol. The van der Waals surface area contributed by atoms with Gasteiger partial charge in [0.15, 0.2) is 0 Å². The SMILES string of the molecule is COC(=O)C[C@H]1CCCCN1C(=O)C=Cc1c(-c2ccccc2)nn2ccccc12. The van der Waals surface area contributed by atoms with Crippen molar-refractivity contribution in [2.24, 2.45) is 0 Å². The number of esters is 1. The lowest BCUT2D eigenvalue weighted by molar-refractivity contribution is -0.143. The summed E-state index contributed by atoms with van der Waals surface area (Å²) < 4.78 is 6.63. The van der Waals surface area contributed by atoms with Crippen LogP contribution in [0.4, 0.5) is 0 Å². The normalized spacial score (nSPS) is 16.8. The molecular formula is C24H25N3O3. The molecule has 0 saturated carbocycles. The van der Waals surface area contributed by atoms with Gasteiger partial charge in [-0.25, -0.2) is 4.52 Å². The number of ether oxygens (including phenoxy) is 1. The Labute approximate surface area is 175 Å². The maximum atomic E-state index is 13.0. The summed E-state index contributed by atoms with van der Waals surface area (Å²) in [6.07, 6.45) is 8.37. The molecule has 1 saturated heterocycles. The lowest BCUT2D eigenvalue weighted by Gasteiger charge is -2.34. The van der Waals surface area contributed by atoms with Gasteiger partial charge in [-0.15, -0.1) is 0 Å². The molecule has 0 N–H and O–H groups in total. The first-order chi connectivity index (χ1) is 14.7. The number of nitrogens with zero attached hydrogens (tertiary/aromatic N) is 3. The molecule has 0 bridgehead atoms. The standard InChI is InChI=1S/C24H25N3O3/c1-30-23(29)17-19-11-5-7-15-26(19)22(28)14-13-20-21-12-6-8-16-27(21)25-24(20)18-9-3-2-4-10-18/h2-4,6,8-10,12-14,16,19H,5,7,11,15,17H2,1H3/t19-/m1/s1. The number of carbonyl (C=O) groups is 2. The van der Waals surface area contributed by atoms with Crippen molar-refractivity contribution in [2.75, 3.05) is 13.7 Å². The number of aromatic nitrogens is 2. The molecule has 1 aliphatic rings. The van der Waals surface area contributed by atoms with Crippen LogP contribution < -0.4 is 0 Å². The Balaban J connectivity index is 1.64. The molecule has 3 aromatic rings. The number of benzene rings is 1. The van der Waals surface area contributed by atoms with E-state index in [-0.39, 0.29) is 24.3 Å². The van der Waals surface area contributed by atoms with Crippen LogP contribution in [0.3, 0.4) is 0 Å². The minimum atomic E-state index is -0.280. The summed E-state index contributed by atoms with van der Waals surface area (Å²) in [5, 5.41) is 4.72. The molecule has 2 aromatic heterocycles. The Kier molecular flexibility index (Phi) is 5.93. The van der Waals surface area contributed by atoms with Crippen LogP contribution in [0.15, 0.2) is 60.8 Å². The third-order valence-electron chi connectivity index (χ3n) is 5.56. The molecule has 4 rings (SSSR count). The van der Waals surface area contributed by atoms with Gasteiger partial charge in [-0.1, -0.05) is 36.4 Å². The molecule has 154 valence electrons. The lowest BCUT2D eigenvalue weighted by Crippen LogP contribution is -2.44. The van der Waals surface area contributed by atoms with E-state index in [1.54, 1.807) is 11.0 Å². The summed E-state index contributed by atoms with van der Waals surface area (Å²) in [4.78, 5) is 26.6. The average molecular weight is 403 g/mol. The third-order valence-corrected chi connectivity index (χ3v) is 5.56. The number of likely N-dealkylation sites (tertiary alicyclic amines) is 1. The van der Waals surface area contributed by atoms with Crippen molar-refractivity contribution in [1.29, 1.82) is 0 Å². The van der Waals surface area contributed by atoms with Gasteiger partial charge in [0.2, 0.25) is 5.91 Å². The van der Waals surface area contributed by atoms with Crippen molar-refractivity contribution in [2.45, 2.75) is 31.7 Å². The predicted octanol–water partition coefficient (Wildman–Crippen LogP) is 3.96. The topological polar surface area (TPSA) is 63.9 Å². The van der Waals surface area contributed by atoms with E-state index in [0.717, 1.165) is 41.6 Å². The van der Waals surface area contributed by atoms with Crippen LogP contribution in [0, 0.1) is 0 Å². The van der Waals surface area contributed by atoms with E-state index in [4.69, 9.17) is 9.84 Å². The third kappa shape index (κ3) is 4.13. The minimum absolute atomic E-state index is 0.0853. The van der Waals surface area contributed by atoms with Crippen LogP contribution in [0.25, 0.3) is 22.9 Å². The molecule has 1 aromatic carbocycles. The summed E-state index contributed by atoms with van der Waals surface area (Å²) in [6, 6.07) is 15.7. The van der Waals surface area contributed by atoms with Crippen molar-refractivity contribution >= 4 is 23.5 Å². The van der Waals surface area contributed by atoms with Gasteiger partial charge in [-0.3, -0.25) is 9.59 Å². The molecule has 0 unspecified atom stereocenters. The molecule has 1 atom stereocenters. The van der Waals surface area contributed by atoms with Crippen LogP contribution >= 0.6 is 0 Å². The Morgan fingerprint density at radius 2 is 1.93 bits per heavy atom. The number of pyridine rings is 1. The highest BCUT2D eigenvalue weighted by Gasteiger charge is 2.27. The van der Waals surface area contributed by atoms with Crippen LogP contribution in [0.2, 0.25) is 0 Å².